The number of fused-ring (bicyclic) bond motifs is 1. The second-order valence-corrected chi connectivity index (χ2v) is 2.81. The zero-order valence-electron chi connectivity index (χ0n) is 5.69. The number of hydrogen-bond acceptors (Lipinski definition) is 5. The summed E-state index contributed by atoms with van der Waals surface area (Å²) in [6.45, 7) is 0.0223. The Morgan fingerprint density at radius 1 is 1.64 bits per heavy atom. The van der Waals surface area contributed by atoms with E-state index in [-0.39, 0.29) is 13.0 Å². The normalized spacial score (nSPS) is 49.1. The maximum atomic E-state index is 10.6. The smallest absolute Gasteiger partial charge is 0.311 e. The maximum absolute atomic E-state index is 10.6. The molecular formula is C6H8O5. The Balaban J connectivity index is 2.24. The molecular weight excluding hydrogens is 152 g/mol. The van der Waals surface area contributed by atoms with Crippen LogP contribution in [-0.4, -0.2) is 40.8 Å². The molecule has 0 spiro atoms. The summed E-state index contributed by atoms with van der Waals surface area (Å²) in [5, 5.41) is 18.6. The highest BCUT2D eigenvalue weighted by molar-refractivity contribution is 5.73. The van der Waals surface area contributed by atoms with Crippen LogP contribution in [0.2, 0.25) is 0 Å². The molecule has 2 aliphatic heterocycles. The molecule has 0 radical (unpaired) electrons. The molecule has 0 aromatic carbocycles. The van der Waals surface area contributed by atoms with E-state index < -0.39 is 24.0 Å². The molecule has 2 N–H and O–H groups in total. The van der Waals surface area contributed by atoms with Crippen molar-refractivity contribution in [3.8, 4) is 0 Å². The van der Waals surface area contributed by atoms with Crippen molar-refractivity contribution < 1.29 is 24.5 Å². The van der Waals surface area contributed by atoms with Gasteiger partial charge in [0.25, 0.3) is 0 Å². The van der Waals surface area contributed by atoms with E-state index in [1.807, 2.05) is 0 Å². The van der Waals surface area contributed by atoms with Crippen molar-refractivity contribution in [2.24, 2.45) is 0 Å². The first-order chi connectivity index (χ1) is 5.12. The molecule has 5 heteroatoms. The lowest BCUT2D eigenvalue weighted by Crippen LogP contribution is -2.38. The number of carbonyl (C=O) groups excluding carboxylic acids is 1. The Labute approximate surface area is 62.5 Å². The number of aliphatic hydroxyl groups excluding tert-OH is 1. The maximum Gasteiger partial charge on any atom is 0.311 e. The summed E-state index contributed by atoms with van der Waals surface area (Å²) >= 11 is 0. The predicted molar refractivity (Wildman–Crippen MR) is 31.4 cm³/mol. The summed E-state index contributed by atoms with van der Waals surface area (Å²) in [5.74, 6) is -2.10. The van der Waals surface area contributed by atoms with E-state index in [1.54, 1.807) is 0 Å². The van der Waals surface area contributed by atoms with E-state index in [0.29, 0.717) is 0 Å². The molecule has 0 bridgehead atoms. The van der Waals surface area contributed by atoms with Crippen LogP contribution in [0.4, 0.5) is 0 Å². The number of hydrogen-bond donors (Lipinski definition) is 2. The minimum absolute atomic E-state index is 0.0223. The first kappa shape index (κ1) is 7.02. The minimum atomic E-state index is -1.57. The Bertz CT molecular complexity index is 203. The molecule has 2 aliphatic rings. The molecule has 2 rings (SSSR count). The zero-order valence-corrected chi connectivity index (χ0v) is 5.69. The molecule has 11 heavy (non-hydrogen) atoms. The summed E-state index contributed by atoms with van der Waals surface area (Å²) in [6, 6.07) is 0. The predicted octanol–water partition coefficient (Wildman–Crippen LogP) is -1.62. The van der Waals surface area contributed by atoms with Gasteiger partial charge in [-0.3, -0.25) is 4.79 Å². The minimum Gasteiger partial charge on any atom is -0.454 e. The van der Waals surface area contributed by atoms with Gasteiger partial charge in [0, 0.05) is 0 Å². The Hall–Kier alpha value is -0.650. The van der Waals surface area contributed by atoms with Crippen molar-refractivity contribution in [2.45, 2.75) is 24.4 Å². The van der Waals surface area contributed by atoms with Crippen molar-refractivity contribution >= 4 is 5.97 Å². The molecule has 0 saturated carbocycles. The van der Waals surface area contributed by atoms with Crippen molar-refractivity contribution in [1.29, 1.82) is 0 Å². The third kappa shape index (κ3) is 0.852. The molecule has 62 valence electrons. The van der Waals surface area contributed by atoms with E-state index in [4.69, 9.17) is 9.84 Å². The van der Waals surface area contributed by atoms with Gasteiger partial charge in [0.15, 0.2) is 6.10 Å². The van der Waals surface area contributed by atoms with Gasteiger partial charge < -0.3 is 19.7 Å². The Morgan fingerprint density at radius 3 is 3.00 bits per heavy atom. The van der Waals surface area contributed by atoms with Crippen LogP contribution in [0.15, 0.2) is 0 Å². The topological polar surface area (TPSA) is 76.0 Å². The Kier molecular flexibility index (Phi) is 1.24. The van der Waals surface area contributed by atoms with Crippen LogP contribution in [0.1, 0.15) is 6.42 Å². The van der Waals surface area contributed by atoms with E-state index in [2.05, 4.69) is 4.74 Å². The number of esters is 1. The van der Waals surface area contributed by atoms with Gasteiger partial charge in [-0.05, 0) is 0 Å². The van der Waals surface area contributed by atoms with Gasteiger partial charge in [-0.25, -0.2) is 0 Å². The monoisotopic (exact) mass is 160 g/mol. The van der Waals surface area contributed by atoms with E-state index in [0.717, 1.165) is 0 Å². The fraction of sp³-hybridized carbons (Fsp3) is 0.833. The quantitative estimate of drug-likeness (QED) is 0.416. The lowest BCUT2D eigenvalue weighted by molar-refractivity contribution is -0.185. The molecule has 5 nitrogen and oxygen atoms in total. The number of aliphatic hydroxyl groups is 2. The van der Waals surface area contributed by atoms with Crippen LogP contribution in [0.25, 0.3) is 0 Å². The second kappa shape index (κ2) is 1.94. The fourth-order valence-electron chi connectivity index (χ4n) is 1.41. The average molecular weight is 160 g/mol. The first-order valence-corrected chi connectivity index (χ1v) is 3.36. The standard InChI is InChI=1S/C6H8O5/c7-3-2-10-6(9)1-4(8)11-5(3)6/h3,5,7,9H,1-2H2. The van der Waals surface area contributed by atoms with Crippen LogP contribution < -0.4 is 0 Å². The number of rotatable bonds is 0. The summed E-state index contributed by atoms with van der Waals surface area (Å²) < 4.78 is 9.44. The lowest BCUT2D eigenvalue weighted by atomic mass is 10.1. The van der Waals surface area contributed by atoms with Crippen molar-refractivity contribution in [3.05, 3.63) is 0 Å². The van der Waals surface area contributed by atoms with Crippen LogP contribution >= 0.6 is 0 Å². The van der Waals surface area contributed by atoms with Gasteiger partial charge in [-0.1, -0.05) is 0 Å². The summed E-state index contributed by atoms with van der Waals surface area (Å²) in [7, 11) is 0. The molecule has 3 unspecified atom stereocenters. The lowest BCUT2D eigenvalue weighted by Gasteiger charge is -2.17. The molecule has 0 aromatic heterocycles. The van der Waals surface area contributed by atoms with Crippen LogP contribution in [0.3, 0.4) is 0 Å². The highest BCUT2D eigenvalue weighted by atomic mass is 16.7. The third-order valence-corrected chi connectivity index (χ3v) is 1.95. The van der Waals surface area contributed by atoms with Crippen molar-refractivity contribution in [2.75, 3.05) is 6.61 Å². The second-order valence-electron chi connectivity index (χ2n) is 2.81. The molecule has 0 aromatic rings. The summed E-state index contributed by atoms with van der Waals surface area (Å²) in [5.41, 5.74) is 0. The largest absolute Gasteiger partial charge is 0.454 e. The third-order valence-electron chi connectivity index (χ3n) is 1.95. The first-order valence-electron chi connectivity index (χ1n) is 3.36. The molecule has 0 aliphatic carbocycles. The van der Waals surface area contributed by atoms with Crippen molar-refractivity contribution in [1.82, 2.24) is 0 Å². The fourth-order valence-corrected chi connectivity index (χ4v) is 1.41. The van der Waals surface area contributed by atoms with Gasteiger partial charge >= 0.3 is 5.97 Å². The van der Waals surface area contributed by atoms with Gasteiger partial charge in [0.1, 0.15) is 12.5 Å². The highest BCUT2D eigenvalue weighted by Gasteiger charge is 2.57. The Morgan fingerprint density at radius 2 is 2.36 bits per heavy atom. The molecule has 2 saturated heterocycles. The van der Waals surface area contributed by atoms with E-state index in [1.165, 1.54) is 0 Å². The van der Waals surface area contributed by atoms with Crippen molar-refractivity contribution in [3.63, 3.8) is 0 Å². The van der Waals surface area contributed by atoms with Gasteiger partial charge in [0.05, 0.1) is 6.61 Å². The van der Waals surface area contributed by atoms with Gasteiger partial charge in [-0.2, -0.15) is 0 Å². The van der Waals surface area contributed by atoms with Gasteiger partial charge in [0.2, 0.25) is 5.79 Å². The highest BCUT2D eigenvalue weighted by Crippen LogP contribution is 2.35. The summed E-state index contributed by atoms with van der Waals surface area (Å²) in [4.78, 5) is 10.6. The summed E-state index contributed by atoms with van der Waals surface area (Å²) in [6.07, 6.45) is -1.98. The van der Waals surface area contributed by atoms with Crippen LogP contribution in [0.5, 0.6) is 0 Å². The average Bonchev–Trinajstić information content (AvgIpc) is 2.32. The molecule has 3 atom stereocenters. The number of ether oxygens (including phenoxy) is 2. The van der Waals surface area contributed by atoms with E-state index in [9.17, 15) is 9.90 Å². The molecule has 0 amide bonds. The zero-order chi connectivity index (χ0) is 8.06. The van der Waals surface area contributed by atoms with Crippen LogP contribution in [-0.2, 0) is 14.3 Å². The van der Waals surface area contributed by atoms with E-state index >= 15 is 0 Å². The number of carbonyl (C=O) groups is 1. The van der Waals surface area contributed by atoms with Crippen LogP contribution in [0, 0.1) is 0 Å². The molecule has 2 fully saturated rings. The molecule has 2 heterocycles. The SMILES string of the molecule is O=C1CC2(O)OCC(O)C2O1. The van der Waals surface area contributed by atoms with Gasteiger partial charge in [-0.15, -0.1) is 0 Å².